The number of nitrogens with one attached hydrogen (secondary N) is 1. The Morgan fingerprint density at radius 3 is 2.49 bits per heavy atom. The molecule has 1 aromatic heterocycles. The fraction of sp³-hybridized carbons (Fsp3) is 0.531. The van der Waals surface area contributed by atoms with Gasteiger partial charge in [0.25, 0.3) is 5.92 Å². The number of aliphatic hydroxyl groups is 1. The van der Waals surface area contributed by atoms with Crippen LogP contribution >= 0.6 is 0 Å². The van der Waals surface area contributed by atoms with Gasteiger partial charge in [-0.25, -0.2) is 8.78 Å². The fourth-order valence-corrected chi connectivity index (χ4v) is 6.14. The molecule has 5 nitrogen and oxygen atoms in total. The van der Waals surface area contributed by atoms with Crippen LogP contribution in [0.4, 0.5) is 8.78 Å². The van der Waals surface area contributed by atoms with Crippen LogP contribution in [-0.2, 0) is 4.79 Å². The van der Waals surface area contributed by atoms with Crippen LogP contribution in [0.15, 0.2) is 48.1 Å². The number of amides is 1. The molecule has 4 rings (SSSR count). The van der Waals surface area contributed by atoms with Crippen molar-refractivity contribution < 1.29 is 18.7 Å². The van der Waals surface area contributed by atoms with Crippen molar-refractivity contribution in [2.24, 2.45) is 0 Å². The van der Waals surface area contributed by atoms with Crippen LogP contribution in [0.3, 0.4) is 0 Å². The number of halogens is 2. The van der Waals surface area contributed by atoms with E-state index < -0.39 is 18.5 Å². The van der Waals surface area contributed by atoms with E-state index in [0.29, 0.717) is 24.9 Å². The van der Waals surface area contributed by atoms with Gasteiger partial charge in [-0.3, -0.25) is 9.69 Å². The highest BCUT2D eigenvalue weighted by Crippen LogP contribution is 2.38. The third-order valence-corrected chi connectivity index (χ3v) is 7.93. The number of hydrogen-bond acceptors (Lipinski definition) is 3. The highest BCUT2D eigenvalue weighted by Gasteiger charge is 2.45. The Morgan fingerprint density at radius 1 is 1.21 bits per heavy atom. The number of rotatable bonds is 8. The number of piperidine rings is 1. The summed E-state index contributed by atoms with van der Waals surface area (Å²) in [5.74, 6) is -2.32. The topological polar surface area (TPSA) is 59.6 Å². The smallest absolute Gasteiger partial charge is 0.262 e. The number of nitrogens with zero attached hydrogens (tertiary/aromatic N) is 2. The molecule has 3 heterocycles. The summed E-state index contributed by atoms with van der Waals surface area (Å²) in [7, 11) is 0. The minimum absolute atomic E-state index is 0.0625. The minimum Gasteiger partial charge on any atom is -0.395 e. The molecule has 212 valence electrons. The predicted octanol–water partition coefficient (Wildman–Crippen LogP) is 6.62. The maximum atomic E-state index is 13.8. The summed E-state index contributed by atoms with van der Waals surface area (Å²) in [6.45, 7) is 15.1. The lowest BCUT2D eigenvalue weighted by molar-refractivity contribution is -0.134. The molecule has 0 aliphatic carbocycles. The maximum Gasteiger partial charge on any atom is 0.262 e. The van der Waals surface area contributed by atoms with Crippen LogP contribution in [0.5, 0.6) is 0 Å². The fourth-order valence-electron chi connectivity index (χ4n) is 6.14. The number of fused-ring (bicyclic) bond motifs is 1. The first kappa shape index (κ1) is 29.2. The van der Waals surface area contributed by atoms with Gasteiger partial charge in [-0.1, -0.05) is 49.8 Å². The van der Waals surface area contributed by atoms with Gasteiger partial charge in [0.2, 0.25) is 5.91 Å². The van der Waals surface area contributed by atoms with Gasteiger partial charge < -0.3 is 15.0 Å². The van der Waals surface area contributed by atoms with E-state index in [9.17, 15) is 18.7 Å². The molecule has 1 amide bonds. The summed E-state index contributed by atoms with van der Waals surface area (Å²) in [5.41, 5.74) is 8.18. The van der Waals surface area contributed by atoms with Crippen molar-refractivity contribution in [3.8, 4) is 0 Å². The largest absolute Gasteiger partial charge is 0.395 e. The third-order valence-electron chi connectivity index (χ3n) is 7.93. The van der Waals surface area contributed by atoms with E-state index in [1.807, 2.05) is 6.92 Å². The molecular formula is C32H43F2N3O2. The molecule has 2 aromatic rings. The Kier molecular flexibility index (Phi) is 8.82. The monoisotopic (exact) mass is 539 g/mol. The number of aromatic amines is 1. The summed E-state index contributed by atoms with van der Waals surface area (Å²) < 4.78 is 27.6. The van der Waals surface area contributed by atoms with Crippen molar-refractivity contribution in [1.29, 1.82) is 0 Å². The number of aliphatic hydroxyl groups excluding tert-OH is 1. The number of allylic oxidation sites excluding steroid dienone is 5. The molecule has 2 aliphatic heterocycles. The molecule has 0 saturated carbocycles. The Balaban J connectivity index is 1.51. The van der Waals surface area contributed by atoms with Gasteiger partial charge in [0.05, 0.1) is 19.7 Å². The van der Waals surface area contributed by atoms with E-state index >= 15 is 0 Å². The lowest BCUT2D eigenvalue weighted by Crippen LogP contribution is -2.46. The van der Waals surface area contributed by atoms with Crippen molar-refractivity contribution >= 4 is 22.4 Å². The number of alkyl halides is 2. The lowest BCUT2D eigenvalue weighted by Gasteiger charge is -2.34. The number of carbonyl (C=O) groups is 1. The Morgan fingerprint density at radius 2 is 1.90 bits per heavy atom. The first-order valence-corrected chi connectivity index (χ1v) is 14.1. The summed E-state index contributed by atoms with van der Waals surface area (Å²) in [4.78, 5) is 19.8. The van der Waals surface area contributed by atoms with Crippen molar-refractivity contribution in [3.63, 3.8) is 0 Å². The molecule has 2 N–H and O–H groups in total. The predicted molar refractivity (Wildman–Crippen MR) is 155 cm³/mol. The summed E-state index contributed by atoms with van der Waals surface area (Å²) in [6, 6.07) is 6.01. The summed E-state index contributed by atoms with van der Waals surface area (Å²) >= 11 is 0. The minimum atomic E-state index is -2.85. The molecule has 2 fully saturated rings. The van der Waals surface area contributed by atoms with Gasteiger partial charge in [-0.15, -0.1) is 0 Å². The molecule has 0 bridgehead atoms. The highest BCUT2D eigenvalue weighted by molar-refractivity contribution is 5.92. The Hall–Kier alpha value is -2.77. The van der Waals surface area contributed by atoms with E-state index in [0.717, 1.165) is 35.2 Å². The van der Waals surface area contributed by atoms with Crippen LogP contribution < -0.4 is 0 Å². The quantitative estimate of drug-likeness (QED) is 0.371. The summed E-state index contributed by atoms with van der Waals surface area (Å²) in [5, 5.41) is 10.7. The molecule has 0 unspecified atom stereocenters. The second kappa shape index (κ2) is 11.8. The van der Waals surface area contributed by atoms with Gasteiger partial charge in [0.1, 0.15) is 0 Å². The normalized spacial score (nSPS) is 20.7. The zero-order valence-electron chi connectivity index (χ0n) is 24.0. The van der Waals surface area contributed by atoms with E-state index in [4.69, 9.17) is 0 Å². The zero-order valence-corrected chi connectivity index (χ0v) is 24.0. The SMILES string of the molecule is C=C(C)/C=C(\C=C(C)C)c1[nH]c2ccc(C3CCN(C(=O)CN4CC(F)(F)C[C@H]4CO)CC3)cc2c1C(C)C. The van der Waals surface area contributed by atoms with Crippen LogP contribution in [-0.4, -0.2) is 70.5 Å². The Labute approximate surface area is 231 Å². The second-order valence-electron chi connectivity index (χ2n) is 12.0. The highest BCUT2D eigenvalue weighted by atomic mass is 19.3. The van der Waals surface area contributed by atoms with Gasteiger partial charge in [0.15, 0.2) is 0 Å². The van der Waals surface area contributed by atoms with Crippen LogP contribution in [0, 0.1) is 0 Å². The average molecular weight is 540 g/mol. The molecule has 39 heavy (non-hydrogen) atoms. The van der Waals surface area contributed by atoms with Crippen LogP contribution in [0.1, 0.15) is 82.5 Å². The number of likely N-dealkylation sites (tertiary alicyclic amines) is 2. The number of carbonyl (C=O) groups excluding carboxylic acids is 1. The molecule has 0 spiro atoms. The first-order valence-electron chi connectivity index (χ1n) is 14.1. The van der Waals surface area contributed by atoms with Gasteiger partial charge >= 0.3 is 0 Å². The van der Waals surface area contributed by atoms with Gasteiger partial charge in [-0.05, 0) is 74.3 Å². The van der Waals surface area contributed by atoms with Gasteiger partial charge in [-0.2, -0.15) is 0 Å². The number of hydrogen-bond donors (Lipinski definition) is 2. The molecule has 2 aliphatic rings. The van der Waals surface area contributed by atoms with E-state index in [1.54, 1.807) is 4.90 Å². The first-order chi connectivity index (χ1) is 18.4. The van der Waals surface area contributed by atoms with Crippen molar-refractivity contribution in [2.75, 3.05) is 32.8 Å². The lowest BCUT2D eigenvalue weighted by atomic mass is 9.87. The third kappa shape index (κ3) is 6.69. The molecular weight excluding hydrogens is 496 g/mol. The van der Waals surface area contributed by atoms with Crippen molar-refractivity contribution in [2.45, 2.75) is 77.7 Å². The maximum absolute atomic E-state index is 13.8. The molecule has 7 heteroatoms. The molecule has 0 radical (unpaired) electrons. The van der Waals surface area contributed by atoms with Gasteiger partial charge in [0, 0.05) is 42.1 Å². The second-order valence-corrected chi connectivity index (χ2v) is 12.0. The molecule has 1 aromatic carbocycles. The van der Waals surface area contributed by atoms with Crippen molar-refractivity contribution in [3.05, 3.63) is 64.9 Å². The number of aromatic nitrogens is 1. The van der Waals surface area contributed by atoms with E-state index in [-0.39, 0.29) is 25.5 Å². The number of benzene rings is 1. The molecule has 1 atom stereocenters. The number of H-pyrrole nitrogens is 1. The van der Waals surface area contributed by atoms with E-state index in [1.165, 1.54) is 27.0 Å². The van der Waals surface area contributed by atoms with Crippen LogP contribution in [0.25, 0.3) is 16.5 Å². The average Bonchev–Trinajstić information content (AvgIpc) is 3.39. The Bertz CT molecular complexity index is 1280. The van der Waals surface area contributed by atoms with Crippen molar-refractivity contribution in [1.82, 2.24) is 14.8 Å². The van der Waals surface area contributed by atoms with Crippen LogP contribution in [0.2, 0.25) is 0 Å². The summed E-state index contributed by atoms with van der Waals surface area (Å²) in [6.07, 6.45) is 5.61. The molecule has 2 saturated heterocycles. The zero-order chi connectivity index (χ0) is 28.5. The van der Waals surface area contributed by atoms with E-state index in [2.05, 4.69) is 69.6 Å². The standard InChI is InChI=1S/C32H43F2N3O2/c1-20(2)13-25(14-21(3)4)31-30(22(5)6)27-15-24(7-8-28(27)35-31)23-9-11-36(12-10-23)29(39)17-37-19-32(33,34)16-26(37)18-38/h7-8,13-15,22-23,26,35,38H,1,9-12,16-19H2,2-6H3/b25-13+/t26-/m0/s1.